The van der Waals surface area contributed by atoms with Crippen molar-refractivity contribution in [3.63, 3.8) is 0 Å². The molecule has 2 aromatic heterocycles. The summed E-state index contributed by atoms with van der Waals surface area (Å²) in [5, 5.41) is 4.06. The predicted octanol–water partition coefficient (Wildman–Crippen LogP) is 4.62. The van der Waals surface area contributed by atoms with Crippen molar-refractivity contribution in [2.45, 2.75) is 89.1 Å². The maximum Gasteiger partial charge on any atom is 0.249 e. The molecule has 180 valence electrons. The van der Waals surface area contributed by atoms with Crippen molar-refractivity contribution in [2.24, 2.45) is 5.92 Å². The van der Waals surface area contributed by atoms with Crippen LogP contribution >= 0.6 is 11.3 Å². The number of nitrogens with one attached hydrogen (secondary N) is 1. The zero-order chi connectivity index (χ0) is 23.0. The Kier molecular flexibility index (Phi) is 6.53. The van der Waals surface area contributed by atoms with Gasteiger partial charge in [0.1, 0.15) is 12.2 Å². The molecule has 3 heterocycles. The van der Waals surface area contributed by atoms with E-state index in [0.717, 1.165) is 74.6 Å². The van der Waals surface area contributed by atoms with Gasteiger partial charge in [-0.25, -0.2) is 18.7 Å². The highest BCUT2D eigenvalue weighted by atomic mass is 32.1. The molecule has 0 spiro atoms. The number of halogens is 2. The van der Waals surface area contributed by atoms with Crippen LogP contribution in [0.4, 0.5) is 8.78 Å². The summed E-state index contributed by atoms with van der Waals surface area (Å²) in [6, 6.07) is 0.245. The maximum atomic E-state index is 13.2. The van der Waals surface area contributed by atoms with E-state index >= 15 is 0 Å². The van der Waals surface area contributed by atoms with E-state index in [1.54, 1.807) is 17.5 Å². The second kappa shape index (κ2) is 9.41. The molecule has 9 heteroatoms. The highest BCUT2D eigenvalue weighted by Gasteiger charge is 2.47. The quantitative estimate of drug-likeness (QED) is 0.629. The lowest BCUT2D eigenvalue weighted by Gasteiger charge is -2.33. The van der Waals surface area contributed by atoms with Gasteiger partial charge < -0.3 is 9.73 Å². The minimum atomic E-state index is -2.49. The first-order chi connectivity index (χ1) is 15.8. The lowest BCUT2D eigenvalue weighted by atomic mass is 9.82. The minimum absolute atomic E-state index is 0.0160. The molecular weight excluding hydrogens is 446 g/mol. The number of aromatic nitrogens is 2. The Balaban J connectivity index is 1.02. The van der Waals surface area contributed by atoms with Gasteiger partial charge in [-0.15, -0.1) is 11.3 Å². The van der Waals surface area contributed by atoms with Crippen LogP contribution in [0.3, 0.4) is 0 Å². The van der Waals surface area contributed by atoms with Gasteiger partial charge in [-0.1, -0.05) is 0 Å². The normalized spacial score (nSPS) is 25.4. The molecule has 1 N–H and O–H groups in total. The number of fused-ring (bicyclic) bond motifs is 1. The van der Waals surface area contributed by atoms with Crippen molar-refractivity contribution in [3.05, 3.63) is 33.4 Å². The van der Waals surface area contributed by atoms with Crippen molar-refractivity contribution in [3.8, 4) is 0 Å². The standard InChI is InChI=1S/C24H32F2N4O2S/c1-15-13-27-22(32-15)10-21(31)28-18-4-2-16(3-5-18)6-8-30-9-7-20-19(14-30)29-23(33-20)17-11-24(25,26)12-17/h13,16-18H,2-12,14H2,1H3,(H,28,31). The molecule has 2 saturated carbocycles. The van der Waals surface area contributed by atoms with Crippen LogP contribution in [0.2, 0.25) is 0 Å². The number of amides is 1. The predicted molar refractivity (Wildman–Crippen MR) is 121 cm³/mol. The number of aryl methyl sites for hydroxylation is 1. The SMILES string of the molecule is Cc1cnc(CC(=O)NC2CCC(CCN3CCc4sc(C5CC(F)(F)C5)nc4C3)CC2)o1. The molecule has 0 aromatic carbocycles. The van der Waals surface area contributed by atoms with E-state index in [9.17, 15) is 13.6 Å². The maximum absolute atomic E-state index is 13.2. The molecule has 2 fully saturated rings. The third-order valence-electron chi connectivity index (χ3n) is 7.31. The summed E-state index contributed by atoms with van der Waals surface area (Å²) >= 11 is 1.66. The second-order valence-electron chi connectivity index (χ2n) is 10.0. The summed E-state index contributed by atoms with van der Waals surface area (Å²) < 4.78 is 31.8. The van der Waals surface area contributed by atoms with Crippen LogP contribution in [0, 0.1) is 12.8 Å². The van der Waals surface area contributed by atoms with Gasteiger partial charge in [0.15, 0.2) is 0 Å². The van der Waals surface area contributed by atoms with Crippen LogP contribution < -0.4 is 5.32 Å². The molecule has 0 bridgehead atoms. The Morgan fingerprint density at radius 3 is 2.79 bits per heavy atom. The largest absolute Gasteiger partial charge is 0.445 e. The Labute approximate surface area is 197 Å². The van der Waals surface area contributed by atoms with Crippen LogP contribution in [0.5, 0.6) is 0 Å². The zero-order valence-electron chi connectivity index (χ0n) is 19.1. The zero-order valence-corrected chi connectivity index (χ0v) is 19.9. The van der Waals surface area contributed by atoms with E-state index < -0.39 is 5.92 Å². The van der Waals surface area contributed by atoms with Crippen LogP contribution in [-0.2, 0) is 24.2 Å². The van der Waals surface area contributed by atoms with E-state index in [1.165, 1.54) is 4.88 Å². The molecule has 33 heavy (non-hydrogen) atoms. The average molecular weight is 479 g/mol. The van der Waals surface area contributed by atoms with E-state index in [1.807, 2.05) is 6.92 Å². The third kappa shape index (κ3) is 5.62. The average Bonchev–Trinajstić information content (AvgIpc) is 3.36. The fourth-order valence-electron chi connectivity index (χ4n) is 5.33. The number of alkyl halides is 2. The molecule has 0 radical (unpaired) electrons. The van der Waals surface area contributed by atoms with Gasteiger partial charge in [0, 0.05) is 42.8 Å². The molecule has 0 atom stereocenters. The van der Waals surface area contributed by atoms with Gasteiger partial charge in [0.2, 0.25) is 17.7 Å². The molecule has 0 saturated heterocycles. The van der Waals surface area contributed by atoms with Crippen LogP contribution in [-0.4, -0.2) is 45.8 Å². The van der Waals surface area contributed by atoms with Crippen LogP contribution in [0.25, 0.3) is 0 Å². The monoisotopic (exact) mass is 478 g/mol. The minimum Gasteiger partial charge on any atom is -0.445 e. The Morgan fingerprint density at radius 1 is 1.30 bits per heavy atom. The van der Waals surface area contributed by atoms with E-state index in [2.05, 4.69) is 15.2 Å². The number of hydrogen-bond donors (Lipinski definition) is 1. The second-order valence-corrected chi connectivity index (χ2v) is 11.1. The third-order valence-corrected chi connectivity index (χ3v) is 8.63. The molecule has 1 amide bonds. The Hall–Kier alpha value is -1.87. The highest BCUT2D eigenvalue weighted by molar-refractivity contribution is 7.11. The summed E-state index contributed by atoms with van der Waals surface area (Å²) in [6.07, 6.45) is 8.23. The van der Waals surface area contributed by atoms with Crippen LogP contribution in [0.1, 0.15) is 78.1 Å². The molecule has 2 aromatic rings. The molecule has 1 aliphatic heterocycles. The van der Waals surface area contributed by atoms with Gasteiger partial charge in [-0.3, -0.25) is 9.69 Å². The van der Waals surface area contributed by atoms with Crippen molar-refractivity contribution < 1.29 is 18.0 Å². The van der Waals surface area contributed by atoms with Crippen LogP contribution in [0.15, 0.2) is 10.6 Å². The summed E-state index contributed by atoms with van der Waals surface area (Å²) in [4.78, 5) is 24.9. The summed E-state index contributed by atoms with van der Waals surface area (Å²) in [7, 11) is 0. The highest BCUT2D eigenvalue weighted by Crippen LogP contribution is 2.49. The van der Waals surface area contributed by atoms with Gasteiger partial charge in [-0.05, 0) is 57.9 Å². The molecule has 5 rings (SSSR count). The number of oxazole rings is 1. The van der Waals surface area contributed by atoms with Gasteiger partial charge in [0.25, 0.3) is 0 Å². The van der Waals surface area contributed by atoms with Crippen molar-refractivity contribution in [2.75, 3.05) is 13.1 Å². The smallest absolute Gasteiger partial charge is 0.249 e. The number of hydrogen-bond acceptors (Lipinski definition) is 6. The molecule has 3 aliphatic rings. The molecule has 6 nitrogen and oxygen atoms in total. The lowest BCUT2D eigenvalue weighted by molar-refractivity contribution is -0.121. The van der Waals surface area contributed by atoms with E-state index in [0.29, 0.717) is 11.8 Å². The van der Waals surface area contributed by atoms with Crippen molar-refractivity contribution >= 4 is 17.2 Å². The lowest BCUT2D eigenvalue weighted by Crippen LogP contribution is -2.39. The summed E-state index contributed by atoms with van der Waals surface area (Å²) in [5.74, 6) is -0.655. The first kappa shape index (κ1) is 22.9. The van der Waals surface area contributed by atoms with Gasteiger partial charge in [-0.2, -0.15) is 0 Å². The Bertz CT molecular complexity index is 975. The topological polar surface area (TPSA) is 71.3 Å². The number of carbonyl (C=O) groups excluding carboxylic acids is 1. The Morgan fingerprint density at radius 2 is 2.09 bits per heavy atom. The molecule has 2 aliphatic carbocycles. The number of carbonyl (C=O) groups is 1. The number of thiazole rings is 1. The van der Waals surface area contributed by atoms with Crippen molar-refractivity contribution in [1.29, 1.82) is 0 Å². The van der Waals surface area contributed by atoms with Gasteiger partial charge in [0.05, 0.1) is 16.9 Å². The van der Waals surface area contributed by atoms with E-state index in [-0.39, 0.29) is 37.1 Å². The number of rotatable bonds is 7. The molecular formula is C24H32F2N4O2S. The first-order valence-electron chi connectivity index (χ1n) is 12.1. The fraction of sp³-hybridized carbons (Fsp3) is 0.708. The number of nitrogens with zero attached hydrogens (tertiary/aromatic N) is 3. The van der Waals surface area contributed by atoms with Crippen molar-refractivity contribution in [1.82, 2.24) is 20.2 Å². The fourth-order valence-corrected chi connectivity index (χ4v) is 6.50. The summed E-state index contributed by atoms with van der Waals surface area (Å²) in [6.45, 7) is 4.76. The van der Waals surface area contributed by atoms with Gasteiger partial charge >= 0.3 is 0 Å². The van der Waals surface area contributed by atoms with E-state index in [4.69, 9.17) is 9.40 Å². The first-order valence-corrected chi connectivity index (χ1v) is 12.9. The molecule has 0 unspecified atom stereocenters. The summed E-state index contributed by atoms with van der Waals surface area (Å²) in [5.41, 5.74) is 1.11.